The van der Waals surface area contributed by atoms with Crippen LogP contribution in [0.25, 0.3) is 0 Å². The molecule has 84 valence electrons. The number of methoxy groups -OCH3 is 1. The van der Waals surface area contributed by atoms with Crippen LogP contribution in [-0.4, -0.2) is 13.7 Å². The van der Waals surface area contributed by atoms with Gasteiger partial charge in [0.05, 0.1) is 7.11 Å². The molecular weight excluding hydrogens is 193 g/mol. The summed E-state index contributed by atoms with van der Waals surface area (Å²) in [6.45, 7) is 2.61. The molecule has 0 saturated carbocycles. The number of ether oxygens (including phenoxy) is 1. The van der Waals surface area contributed by atoms with E-state index in [1.165, 1.54) is 12.1 Å². The van der Waals surface area contributed by atoms with Crippen LogP contribution < -0.4 is 10.5 Å². The number of nitrogens with two attached hydrogens (primary N) is 1. The Balaban J connectivity index is 3.02. The molecule has 0 saturated heterocycles. The minimum atomic E-state index is -0.236. The van der Waals surface area contributed by atoms with E-state index in [0.717, 1.165) is 24.2 Å². The average Bonchev–Trinajstić information content (AvgIpc) is 2.26. The third kappa shape index (κ3) is 2.93. The van der Waals surface area contributed by atoms with Crippen LogP contribution in [-0.2, 0) is 0 Å². The zero-order valence-corrected chi connectivity index (χ0v) is 9.29. The largest absolute Gasteiger partial charge is 0.496 e. The number of rotatable bonds is 5. The van der Waals surface area contributed by atoms with Crippen molar-refractivity contribution in [2.75, 3.05) is 13.7 Å². The first-order valence-corrected chi connectivity index (χ1v) is 5.26. The summed E-state index contributed by atoms with van der Waals surface area (Å²) in [4.78, 5) is 0. The van der Waals surface area contributed by atoms with Crippen molar-refractivity contribution < 1.29 is 9.13 Å². The molecule has 0 aromatic heterocycles. The van der Waals surface area contributed by atoms with Gasteiger partial charge in [-0.05, 0) is 37.1 Å². The Bertz CT molecular complexity index is 314. The highest BCUT2D eigenvalue weighted by molar-refractivity contribution is 5.37. The number of hydrogen-bond acceptors (Lipinski definition) is 2. The van der Waals surface area contributed by atoms with Gasteiger partial charge in [-0.1, -0.05) is 13.3 Å². The molecule has 0 bridgehead atoms. The van der Waals surface area contributed by atoms with Crippen LogP contribution in [0, 0.1) is 5.82 Å². The fraction of sp³-hybridized carbons (Fsp3) is 0.500. The Morgan fingerprint density at radius 2 is 2.20 bits per heavy atom. The van der Waals surface area contributed by atoms with Gasteiger partial charge in [-0.25, -0.2) is 4.39 Å². The smallest absolute Gasteiger partial charge is 0.123 e. The van der Waals surface area contributed by atoms with E-state index < -0.39 is 0 Å². The first kappa shape index (κ1) is 12.0. The SMILES string of the molecule is CCCC(CN)c1cc(F)ccc1OC. The lowest BCUT2D eigenvalue weighted by Gasteiger charge is -2.17. The molecule has 0 heterocycles. The fourth-order valence-electron chi connectivity index (χ4n) is 1.77. The Morgan fingerprint density at radius 3 is 2.73 bits per heavy atom. The summed E-state index contributed by atoms with van der Waals surface area (Å²) in [6, 6.07) is 4.58. The molecule has 0 spiro atoms. The van der Waals surface area contributed by atoms with Gasteiger partial charge in [-0.3, -0.25) is 0 Å². The van der Waals surface area contributed by atoms with Crippen LogP contribution in [0.3, 0.4) is 0 Å². The standard InChI is InChI=1S/C12H18FNO/c1-3-4-9(8-14)11-7-10(13)5-6-12(11)15-2/h5-7,9H,3-4,8,14H2,1-2H3. The fourth-order valence-corrected chi connectivity index (χ4v) is 1.77. The third-order valence-corrected chi connectivity index (χ3v) is 2.55. The molecule has 1 atom stereocenters. The van der Waals surface area contributed by atoms with E-state index in [9.17, 15) is 4.39 Å². The van der Waals surface area contributed by atoms with Crippen LogP contribution in [0.15, 0.2) is 18.2 Å². The van der Waals surface area contributed by atoms with Gasteiger partial charge in [0.25, 0.3) is 0 Å². The summed E-state index contributed by atoms with van der Waals surface area (Å²) < 4.78 is 18.3. The summed E-state index contributed by atoms with van der Waals surface area (Å²) in [5, 5.41) is 0. The van der Waals surface area contributed by atoms with Gasteiger partial charge in [0.1, 0.15) is 11.6 Å². The second kappa shape index (κ2) is 5.71. The van der Waals surface area contributed by atoms with E-state index in [2.05, 4.69) is 6.92 Å². The lowest BCUT2D eigenvalue weighted by molar-refractivity contribution is 0.402. The summed E-state index contributed by atoms with van der Waals surface area (Å²) in [5.41, 5.74) is 6.56. The molecule has 3 heteroatoms. The summed E-state index contributed by atoms with van der Waals surface area (Å²) in [5.74, 6) is 0.668. The van der Waals surface area contributed by atoms with Crippen molar-refractivity contribution in [1.82, 2.24) is 0 Å². The van der Waals surface area contributed by atoms with Crippen LogP contribution in [0.1, 0.15) is 31.2 Å². The normalized spacial score (nSPS) is 12.5. The van der Waals surface area contributed by atoms with Crippen LogP contribution >= 0.6 is 0 Å². The van der Waals surface area contributed by atoms with E-state index in [0.29, 0.717) is 6.54 Å². The monoisotopic (exact) mass is 211 g/mol. The molecule has 2 N–H and O–H groups in total. The first-order valence-electron chi connectivity index (χ1n) is 5.26. The quantitative estimate of drug-likeness (QED) is 0.812. The summed E-state index contributed by atoms with van der Waals surface area (Å²) in [7, 11) is 1.59. The van der Waals surface area contributed by atoms with Crippen LogP contribution in [0.2, 0.25) is 0 Å². The number of benzene rings is 1. The van der Waals surface area contributed by atoms with Gasteiger partial charge < -0.3 is 10.5 Å². The number of hydrogen-bond donors (Lipinski definition) is 1. The molecule has 15 heavy (non-hydrogen) atoms. The Morgan fingerprint density at radius 1 is 1.47 bits per heavy atom. The first-order chi connectivity index (χ1) is 7.22. The second-order valence-electron chi connectivity index (χ2n) is 3.61. The van der Waals surface area contributed by atoms with E-state index in [-0.39, 0.29) is 11.7 Å². The van der Waals surface area contributed by atoms with Gasteiger partial charge in [0.2, 0.25) is 0 Å². The molecule has 0 aliphatic carbocycles. The lowest BCUT2D eigenvalue weighted by atomic mass is 9.94. The van der Waals surface area contributed by atoms with Crippen molar-refractivity contribution in [2.24, 2.45) is 5.73 Å². The number of halogens is 1. The van der Waals surface area contributed by atoms with Crippen molar-refractivity contribution in [3.63, 3.8) is 0 Å². The van der Waals surface area contributed by atoms with Crippen molar-refractivity contribution in [3.05, 3.63) is 29.6 Å². The second-order valence-corrected chi connectivity index (χ2v) is 3.61. The summed E-state index contributed by atoms with van der Waals surface area (Å²) in [6.07, 6.45) is 1.98. The topological polar surface area (TPSA) is 35.2 Å². The molecule has 1 aromatic rings. The maximum Gasteiger partial charge on any atom is 0.123 e. The highest BCUT2D eigenvalue weighted by Gasteiger charge is 2.14. The van der Waals surface area contributed by atoms with E-state index >= 15 is 0 Å². The molecule has 0 amide bonds. The molecule has 0 aliphatic rings. The minimum Gasteiger partial charge on any atom is -0.496 e. The van der Waals surface area contributed by atoms with Gasteiger partial charge >= 0.3 is 0 Å². The predicted molar refractivity (Wildman–Crippen MR) is 59.7 cm³/mol. The maximum absolute atomic E-state index is 13.1. The van der Waals surface area contributed by atoms with Gasteiger partial charge in [-0.2, -0.15) is 0 Å². The molecule has 1 rings (SSSR count). The van der Waals surface area contributed by atoms with Crippen LogP contribution in [0.5, 0.6) is 5.75 Å². The van der Waals surface area contributed by atoms with Gasteiger partial charge in [-0.15, -0.1) is 0 Å². The molecule has 0 aliphatic heterocycles. The maximum atomic E-state index is 13.1. The van der Waals surface area contributed by atoms with Crippen molar-refractivity contribution in [2.45, 2.75) is 25.7 Å². The van der Waals surface area contributed by atoms with E-state index in [1.807, 2.05) is 0 Å². The minimum absolute atomic E-state index is 0.181. The highest BCUT2D eigenvalue weighted by Crippen LogP contribution is 2.29. The van der Waals surface area contributed by atoms with E-state index in [1.54, 1.807) is 13.2 Å². The molecule has 1 aromatic carbocycles. The van der Waals surface area contributed by atoms with E-state index in [4.69, 9.17) is 10.5 Å². The zero-order chi connectivity index (χ0) is 11.3. The van der Waals surface area contributed by atoms with Crippen molar-refractivity contribution in [3.8, 4) is 5.75 Å². The molecule has 2 nitrogen and oxygen atoms in total. The highest BCUT2D eigenvalue weighted by atomic mass is 19.1. The van der Waals surface area contributed by atoms with Gasteiger partial charge in [0.15, 0.2) is 0 Å². The van der Waals surface area contributed by atoms with Crippen molar-refractivity contribution >= 4 is 0 Å². The summed E-state index contributed by atoms with van der Waals surface area (Å²) >= 11 is 0. The molecule has 0 fully saturated rings. The third-order valence-electron chi connectivity index (χ3n) is 2.55. The zero-order valence-electron chi connectivity index (χ0n) is 9.29. The Labute approximate surface area is 90.2 Å². The van der Waals surface area contributed by atoms with Crippen LogP contribution in [0.4, 0.5) is 4.39 Å². The molecule has 0 radical (unpaired) electrons. The predicted octanol–water partition coefficient (Wildman–Crippen LogP) is 2.68. The Kier molecular flexibility index (Phi) is 4.56. The van der Waals surface area contributed by atoms with Gasteiger partial charge in [0, 0.05) is 5.56 Å². The Hall–Kier alpha value is -1.09. The molecular formula is C12H18FNO. The molecule has 1 unspecified atom stereocenters. The average molecular weight is 211 g/mol. The van der Waals surface area contributed by atoms with Crippen molar-refractivity contribution in [1.29, 1.82) is 0 Å². The lowest BCUT2D eigenvalue weighted by Crippen LogP contribution is -2.13.